The molecule has 2 atom stereocenters. The summed E-state index contributed by atoms with van der Waals surface area (Å²) in [5.41, 5.74) is 1.20. The van der Waals surface area contributed by atoms with Gasteiger partial charge in [-0.3, -0.25) is 4.99 Å². The highest BCUT2D eigenvalue weighted by molar-refractivity contribution is 5.79. The van der Waals surface area contributed by atoms with E-state index >= 15 is 0 Å². The molecule has 0 radical (unpaired) electrons. The molecule has 1 heterocycles. The summed E-state index contributed by atoms with van der Waals surface area (Å²) in [6, 6.07) is 8.09. The van der Waals surface area contributed by atoms with E-state index < -0.39 is 0 Å². The number of hydrogen-bond donors (Lipinski definition) is 2. The van der Waals surface area contributed by atoms with E-state index in [4.69, 9.17) is 9.47 Å². The van der Waals surface area contributed by atoms with Gasteiger partial charge in [0.15, 0.2) is 5.96 Å². The molecule has 0 aromatic heterocycles. The number of nitrogens with one attached hydrogen (secondary N) is 2. The lowest BCUT2D eigenvalue weighted by Gasteiger charge is -2.19. The Balaban J connectivity index is 1.70. The molecule has 1 aliphatic rings. The standard InChI is InChI=1S/C17H27N3O2/c1-13-6-4-7-15(10-13)22-14(2)11-19-17(18-3)20-12-16-8-5-9-21-16/h4,6-7,10,14,16H,5,8-9,11-12H2,1-3H3,(H2,18,19,20). The first-order chi connectivity index (χ1) is 10.7. The fourth-order valence-electron chi connectivity index (χ4n) is 2.44. The topological polar surface area (TPSA) is 54.9 Å². The molecule has 0 saturated carbocycles. The fourth-order valence-corrected chi connectivity index (χ4v) is 2.44. The zero-order valence-corrected chi connectivity index (χ0v) is 13.8. The normalized spacial score (nSPS) is 19.8. The van der Waals surface area contributed by atoms with Crippen molar-refractivity contribution >= 4 is 5.96 Å². The number of ether oxygens (including phenoxy) is 2. The maximum absolute atomic E-state index is 5.90. The number of hydrogen-bond acceptors (Lipinski definition) is 3. The molecule has 5 heteroatoms. The Bertz CT molecular complexity index is 485. The van der Waals surface area contributed by atoms with Gasteiger partial charge in [0, 0.05) is 20.2 Å². The van der Waals surface area contributed by atoms with Gasteiger partial charge in [-0.25, -0.2) is 0 Å². The van der Waals surface area contributed by atoms with Crippen molar-refractivity contribution in [2.45, 2.75) is 38.9 Å². The second-order valence-corrected chi connectivity index (χ2v) is 5.71. The quantitative estimate of drug-likeness (QED) is 0.624. The Morgan fingerprint density at radius 1 is 1.45 bits per heavy atom. The summed E-state index contributed by atoms with van der Waals surface area (Å²) in [6.07, 6.45) is 2.64. The van der Waals surface area contributed by atoms with Crippen LogP contribution in [0.5, 0.6) is 5.75 Å². The Hall–Kier alpha value is -1.75. The van der Waals surface area contributed by atoms with Crippen molar-refractivity contribution in [1.82, 2.24) is 10.6 Å². The van der Waals surface area contributed by atoms with E-state index in [-0.39, 0.29) is 6.10 Å². The number of rotatable bonds is 6. The molecule has 1 saturated heterocycles. The summed E-state index contributed by atoms with van der Waals surface area (Å²) in [5, 5.41) is 6.58. The number of nitrogens with zero attached hydrogens (tertiary/aromatic N) is 1. The summed E-state index contributed by atoms with van der Waals surface area (Å²) >= 11 is 0. The Labute approximate surface area is 133 Å². The maximum Gasteiger partial charge on any atom is 0.191 e. The Kier molecular flexibility index (Phi) is 6.52. The zero-order valence-electron chi connectivity index (χ0n) is 13.8. The van der Waals surface area contributed by atoms with Crippen LogP contribution in [0, 0.1) is 6.92 Å². The molecule has 2 rings (SSSR count). The molecule has 1 aromatic carbocycles. The van der Waals surface area contributed by atoms with Gasteiger partial charge in [0.05, 0.1) is 12.6 Å². The second-order valence-electron chi connectivity index (χ2n) is 5.71. The van der Waals surface area contributed by atoms with E-state index in [1.54, 1.807) is 7.05 Å². The van der Waals surface area contributed by atoms with Gasteiger partial charge in [0.1, 0.15) is 11.9 Å². The molecule has 0 amide bonds. The number of aryl methyl sites for hydroxylation is 1. The largest absolute Gasteiger partial charge is 0.489 e. The summed E-state index contributed by atoms with van der Waals surface area (Å²) in [4.78, 5) is 4.23. The van der Waals surface area contributed by atoms with Crippen molar-refractivity contribution in [1.29, 1.82) is 0 Å². The van der Waals surface area contributed by atoms with Crippen molar-refractivity contribution in [3.8, 4) is 5.75 Å². The van der Waals surface area contributed by atoms with Crippen molar-refractivity contribution in [3.63, 3.8) is 0 Å². The summed E-state index contributed by atoms with van der Waals surface area (Å²) in [5.74, 6) is 1.69. The van der Waals surface area contributed by atoms with Gasteiger partial charge in [0.25, 0.3) is 0 Å². The molecule has 2 N–H and O–H groups in total. The van der Waals surface area contributed by atoms with Crippen LogP contribution >= 0.6 is 0 Å². The van der Waals surface area contributed by atoms with Crippen LogP contribution in [0.25, 0.3) is 0 Å². The van der Waals surface area contributed by atoms with E-state index in [2.05, 4.69) is 28.6 Å². The van der Waals surface area contributed by atoms with Gasteiger partial charge in [-0.1, -0.05) is 12.1 Å². The Morgan fingerprint density at radius 3 is 3.00 bits per heavy atom. The molecular weight excluding hydrogens is 278 g/mol. The van der Waals surface area contributed by atoms with E-state index in [0.717, 1.165) is 37.7 Å². The zero-order chi connectivity index (χ0) is 15.8. The van der Waals surface area contributed by atoms with E-state index in [0.29, 0.717) is 12.6 Å². The minimum Gasteiger partial charge on any atom is -0.489 e. The van der Waals surface area contributed by atoms with Crippen LogP contribution in [0.3, 0.4) is 0 Å². The average Bonchev–Trinajstić information content (AvgIpc) is 3.01. The molecule has 122 valence electrons. The van der Waals surface area contributed by atoms with Crippen LogP contribution in [0.1, 0.15) is 25.3 Å². The monoisotopic (exact) mass is 305 g/mol. The predicted molar refractivity (Wildman–Crippen MR) is 89.6 cm³/mol. The first-order valence-corrected chi connectivity index (χ1v) is 7.97. The fraction of sp³-hybridized carbons (Fsp3) is 0.588. The van der Waals surface area contributed by atoms with Gasteiger partial charge < -0.3 is 20.1 Å². The molecule has 0 spiro atoms. The summed E-state index contributed by atoms with van der Waals surface area (Å²) < 4.78 is 11.5. The predicted octanol–water partition coefficient (Wildman–Crippen LogP) is 2.11. The third-order valence-electron chi connectivity index (χ3n) is 3.63. The summed E-state index contributed by atoms with van der Waals surface area (Å²) in [6.45, 7) is 6.47. The number of benzene rings is 1. The van der Waals surface area contributed by atoms with Crippen LogP contribution in [0.4, 0.5) is 0 Å². The molecule has 1 fully saturated rings. The molecule has 1 aromatic rings. The number of guanidine groups is 1. The maximum atomic E-state index is 5.90. The first kappa shape index (κ1) is 16.6. The average molecular weight is 305 g/mol. The van der Waals surface area contributed by atoms with Crippen molar-refractivity contribution in [3.05, 3.63) is 29.8 Å². The molecule has 0 bridgehead atoms. The molecule has 5 nitrogen and oxygen atoms in total. The van der Waals surface area contributed by atoms with Crippen LogP contribution in [0.15, 0.2) is 29.3 Å². The Morgan fingerprint density at radius 2 is 2.32 bits per heavy atom. The SMILES string of the molecule is CN=C(NCC(C)Oc1cccc(C)c1)NCC1CCCO1. The lowest BCUT2D eigenvalue weighted by atomic mass is 10.2. The van der Waals surface area contributed by atoms with Gasteiger partial charge in [-0.05, 0) is 44.4 Å². The highest BCUT2D eigenvalue weighted by atomic mass is 16.5. The highest BCUT2D eigenvalue weighted by Gasteiger charge is 2.15. The van der Waals surface area contributed by atoms with E-state index in [9.17, 15) is 0 Å². The third kappa shape index (κ3) is 5.56. The molecular formula is C17H27N3O2. The summed E-state index contributed by atoms with van der Waals surface area (Å²) in [7, 11) is 1.77. The smallest absolute Gasteiger partial charge is 0.191 e. The van der Waals surface area contributed by atoms with Gasteiger partial charge in [0.2, 0.25) is 0 Å². The molecule has 22 heavy (non-hydrogen) atoms. The lowest BCUT2D eigenvalue weighted by molar-refractivity contribution is 0.113. The molecule has 2 unspecified atom stereocenters. The van der Waals surface area contributed by atoms with Gasteiger partial charge in [-0.2, -0.15) is 0 Å². The van der Waals surface area contributed by atoms with Crippen LogP contribution in [-0.4, -0.2) is 44.9 Å². The van der Waals surface area contributed by atoms with Crippen LogP contribution < -0.4 is 15.4 Å². The second kappa shape index (κ2) is 8.63. The van der Waals surface area contributed by atoms with Crippen LogP contribution in [0.2, 0.25) is 0 Å². The minimum atomic E-state index is 0.0584. The molecule has 1 aliphatic heterocycles. The first-order valence-electron chi connectivity index (χ1n) is 7.97. The number of aliphatic imine (C=N–C) groups is 1. The highest BCUT2D eigenvalue weighted by Crippen LogP contribution is 2.14. The van der Waals surface area contributed by atoms with Gasteiger partial charge in [-0.15, -0.1) is 0 Å². The van der Waals surface area contributed by atoms with Crippen molar-refractivity contribution in [2.75, 3.05) is 26.7 Å². The molecule has 0 aliphatic carbocycles. The third-order valence-corrected chi connectivity index (χ3v) is 3.63. The lowest BCUT2D eigenvalue weighted by Crippen LogP contribution is -2.44. The van der Waals surface area contributed by atoms with Crippen molar-refractivity contribution < 1.29 is 9.47 Å². The minimum absolute atomic E-state index is 0.0584. The van der Waals surface area contributed by atoms with E-state index in [1.165, 1.54) is 5.56 Å². The van der Waals surface area contributed by atoms with Gasteiger partial charge >= 0.3 is 0 Å². The van der Waals surface area contributed by atoms with Crippen LogP contribution in [-0.2, 0) is 4.74 Å². The van der Waals surface area contributed by atoms with E-state index in [1.807, 2.05) is 25.1 Å². The van der Waals surface area contributed by atoms with Crippen molar-refractivity contribution in [2.24, 2.45) is 4.99 Å².